The van der Waals surface area contributed by atoms with Crippen molar-refractivity contribution >= 4 is 17.7 Å². The van der Waals surface area contributed by atoms with Crippen LogP contribution in [0.25, 0.3) is 6.08 Å². The second-order valence-corrected chi connectivity index (χ2v) is 9.25. The van der Waals surface area contributed by atoms with Gasteiger partial charge in [-0.1, -0.05) is 43.5 Å². The minimum atomic E-state index is 0.176. The van der Waals surface area contributed by atoms with Gasteiger partial charge in [0.05, 0.1) is 0 Å². The van der Waals surface area contributed by atoms with Crippen LogP contribution in [-0.4, -0.2) is 79.5 Å². The van der Waals surface area contributed by atoms with Gasteiger partial charge in [0.1, 0.15) is 0 Å². The maximum absolute atomic E-state index is 13.1. The number of anilines is 1. The number of piperazine rings is 1. The number of hydrogen-bond donors (Lipinski definition) is 1. The van der Waals surface area contributed by atoms with E-state index in [1.54, 1.807) is 0 Å². The summed E-state index contributed by atoms with van der Waals surface area (Å²) in [5.74, 6) is 0.247. The fourth-order valence-electron chi connectivity index (χ4n) is 5.30. The summed E-state index contributed by atoms with van der Waals surface area (Å²) in [5.41, 5.74) is 3.70. The van der Waals surface area contributed by atoms with E-state index in [1.807, 2.05) is 18.0 Å². The van der Waals surface area contributed by atoms with Gasteiger partial charge in [0, 0.05) is 64.0 Å². The lowest BCUT2D eigenvalue weighted by molar-refractivity contribution is -0.132. The zero-order valence-electron chi connectivity index (χ0n) is 18.1. The Bertz CT molecular complexity index is 745. The molecule has 0 radical (unpaired) electrons. The van der Waals surface area contributed by atoms with Crippen LogP contribution in [0.2, 0.25) is 0 Å². The van der Waals surface area contributed by atoms with Crippen molar-refractivity contribution in [2.75, 3.05) is 58.7 Å². The molecule has 0 aromatic heterocycles. The average Bonchev–Trinajstić information content (AvgIpc) is 2.74. The Labute approximate surface area is 175 Å². The maximum atomic E-state index is 13.1. The highest BCUT2D eigenvalue weighted by Crippen LogP contribution is 2.35. The van der Waals surface area contributed by atoms with Gasteiger partial charge in [-0.2, -0.15) is 0 Å². The lowest BCUT2D eigenvalue weighted by Gasteiger charge is -2.51. The molecule has 29 heavy (non-hydrogen) atoms. The first kappa shape index (κ1) is 20.4. The van der Waals surface area contributed by atoms with E-state index in [0.29, 0.717) is 6.42 Å². The van der Waals surface area contributed by atoms with Crippen LogP contribution in [0.1, 0.15) is 44.1 Å². The predicted molar refractivity (Wildman–Crippen MR) is 120 cm³/mol. The average molecular weight is 397 g/mol. The quantitative estimate of drug-likeness (QED) is 0.829. The lowest BCUT2D eigenvalue weighted by Crippen LogP contribution is -2.61. The van der Waals surface area contributed by atoms with Gasteiger partial charge in [0.25, 0.3) is 0 Å². The number of hydrogen-bond acceptors (Lipinski definition) is 4. The minimum Gasteiger partial charge on any atom is -0.381 e. The number of rotatable bonds is 5. The minimum absolute atomic E-state index is 0.176. The van der Waals surface area contributed by atoms with Crippen LogP contribution >= 0.6 is 0 Å². The largest absolute Gasteiger partial charge is 0.381 e. The Morgan fingerprint density at radius 3 is 2.59 bits per heavy atom. The third-order valence-electron chi connectivity index (χ3n) is 7.12. The van der Waals surface area contributed by atoms with Crippen LogP contribution in [0.15, 0.2) is 29.8 Å². The van der Waals surface area contributed by atoms with E-state index >= 15 is 0 Å². The molecule has 0 bridgehead atoms. The number of nitrogens with zero attached hydrogens (tertiary/aromatic N) is 3. The van der Waals surface area contributed by atoms with Crippen molar-refractivity contribution in [1.29, 1.82) is 0 Å². The first-order valence-electron chi connectivity index (χ1n) is 11.3. The summed E-state index contributed by atoms with van der Waals surface area (Å²) >= 11 is 0. The summed E-state index contributed by atoms with van der Waals surface area (Å²) < 4.78 is 0. The zero-order chi connectivity index (χ0) is 20.3. The molecular weight excluding hydrogens is 360 g/mol. The molecule has 0 unspecified atom stereocenters. The molecule has 2 aliphatic heterocycles. The molecule has 0 spiro atoms. The molecule has 1 saturated heterocycles. The van der Waals surface area contributed by atoms with E-state index in [0.717, 1.165) is 45.0 Å². The van der Waals surface area contributed by atoms with Crippen LogP contribution in [0.3, 0.4) is 0 Å². The topological polar surface area (TPSA) is 38.8 Å². The standard InChI is InChI=1S/C24H36N4O/c1-26-12-14-28(15-13-26)24(10-6-3-7-11-24)19-27(2)23(29)17-20-16-21-8-4-5-9-22(21)25-18-20/h4-5,8-9,16,25H,3,6-7,10-15,17-19H2,1-2H3. The second-order valence-electron chi connectivity index (χ2n) is 9.25. The van der Waals surface area contributed by atoms with Gasteiger partial charge < -0.3 is 15.1 Å². The Balaban J connectivity index is 1.42. The molecule has 1 aromatic rings. The molecule has 1 N–H and O–H groups in total. The summed E-state index contributed by atoms with van der Waals surface area (Å²) in [6.07, 6.45) is 9.08. The van der Waals surface area contributed by atoms with E-state index in [1.165, 1.54) is 43.2 Å². The Morgan fingerprint density at radius 2 is 1.83 bits per heavy atom. The molecule has 5 heteroatoms. The second kappa shape index (κ2) is 8.88. The number of fused-ring (bicyclic) bond motifs is 1. The van der Waals surface area contributed by atoms with Crippen LogP contribution in [0.4, 0.5) is 5.69 Å². The highest BCUT2D eigenvalue weighted by atomic mass is 16.2. The molecule has 0 atom stereocenters. The normalized spacial score (nSPS) is 22.3. The monoisotopic (exact) mass is 396 g/mol. The van der Waals surface area contributed by atoms with Gasteiger partial charge in [-0.15, -0.1) is 0 Å². The SMILES string of the molecule is CN1CCN(C2(CN(C)C(=O)CC3=Cc4ccccc4NC3)CCCCC2)CC1. The maximum Gasteiger partial charge on any atom is 0.226 e. The van der Waals surface area contributed by atoms with Crippen molar-refractivity contribution in [3.8, 4) is 0 Å². The van der Waals surface area contributed by atoms with Gasteiger partial charge >= 0.3 is 0 Å². The van der Waals surface area contributed by atoms with Crippen LogP contribution in [0, 0.1) is 0 Å². The number of benzene rings is 1. The number of carbonyl (C=O) groups excluding carboxylic acids is 1. The highest BCUT2D eigenvalue weighted by Gasteiger charge is 2.40. The fourth-order valence-corrected chi connectivity index (χ4v) is 5.30. The third kappa shape index (κ3) is 4.67. The lowest BCUT2D eigenvalue weighted by atomic mass is 9.79. The molecule has 2 fully saturated rings. The van der Waals surface area contributed by atoms with Crippen molar-refractivity contribution in [1.82, 2.24) is 14.7 Å². The van der Waals surface area contributed by atoms with E-state index in [9.17, 15) is 4.79 Å². The summed E-state index contributed by atoms with van der Waals surface area (Å²) in [6, 6.07) is 8.31. The Hall–Kier alpha value is -1.85. The molecule has 1 aromatic carbocycles. The molecular formula is C24H36N4O. The molecule has 5 nitrogen and oxygen atoms in total. The van der Waals surface area contributed by atoms with Crippen LogP contribution in [0.5, 0.6) is 0 Å². The Kier molecular flexibility index (Phi) is 6.26. The molecule has 3 aliphatic rings. The molecule has 1 saturated carbocycles. The molecule has 1 aliphatic carbocycles. The number of nitrogens with one attached hydrogen (secondary N) is 1. The van der Waals surface area contributed by atoms with E-state index in [4.69, 9.17) is 0 Å². The predicted octanol–water partition coefficient (Wildman–Crippen LogP) is 3.29. The summed E-state index contributed by atoms with van der Waals surface area (Å²) in [7, 11) is 4.23. The highest BCUT2D eigenvalue weighted by molar-refractivity contribution is 5.82. The fraction of sp³-hybridized carbons (Fsp3) is 0.625. The number of carbonyl (C=O) groups is 1. The van der Waals surface area contributed by atoms with Gasteiger partial charge in [0.2, 0.25) is 5.91 Å². The molecule has 2 heterocycles. The Morgan fingerprint density at radius 1 is 1.10 bits per heavy atom. The molecule has 4 rings (SSSR count). The summed E-state index contributed by atoms with van der Waals surface area (Å²) in [6.45, 7) is 6.16. The van der Waals surface area contributed by atoms with Gasteiger partial charge in [0.15, 0.2) is 0 Å². The van der Waals surface area contributed by atoms with Crippen molar-refractivity contribution in [3.63, 3.8) is 0 Å². The van der Waals surface area contributed by atoms with Crippen molar-refractivity contribution in [3.05, 3.63) is 35.4 Å². The van der Waals surface area contributed by atoms with Gasteiger partial charge in [-0.3, -0.25) is 9.69 Å². The van der Waals surface area contributed by atoms with Crippen molar-refractivity contribution in [2.24, 2.45) is 0 Å². The number of amides is 1. The van der Waals surface area contributed by atoms with Crippen molar-refractivity contribution < 1.29 is 4.79 Å². The number of likely N-dealkylation sites (N-methyl/N-ethyl adjacent to an activating group) is 2. The number of para-hydroxylation sites is 1. The van der Waals surface area contributed by atoms with Crippen molar-refractivity contribution in [2.45, 2.75) is 44.1 Å². The molecule has 158 valence electrons. The summed E-state index contributed by atoms with van der Waals surface area (Å²) in [4.78, 5) is 20.2. The zero-order valence-corrected chi connectivity index (χ0v) is 18.1. The van der Waals surface area contributed by atoms with Gasteiger partial charge in [-0.05, 0) is 37.1 Å². The first-order chi connectivity index (χ1) is 14.1. The van der Waals surface area contributed by atoms with Crippen LogP contribution < -0.4 is 5.32 Å². The van der Waals surface area contributed by atoms with Crippen LogP contribution in [-0.2, 0) is 4.79 Å². The molecule has 1 amide bonds. The van der Waals surface area contributed by atoms with Gasteiger partial charge in [-0.25, -0.2) is 0 Å². The van der Waals surface area contributed by atoms with E-state index < -0.39 is 0 Å². The first-order valence-corrected chi connectivity index (χ1v) is 11.3. The van der Waals surface area contributed by atoms with E-state index in [-0.39, 0.29) is 11.4 Å². The third-order valence-corrected chi connectivity index (χ3v) is 7.12. The summed E-state index contributed by atoms with van der Waals surface area (Å²) in [5, 5.41) is 3.45. The van der Waals surface area contributed by atoms with E-state index in [2.05, 4.69) is 46.4 Å². The smallest absolute Gasteiger partial charge is 0.226 e.